The normalized spacial score (nSPS) is 17.3. The molecule has 1 heterocycles. The van der Waals surface area contributed by atoms with Crippen LogP contribution in [0.5, 0.6) is 5.75 Å². The number of aromatic hydroxyl groups is 1. The van der Waals surface area contributed by atoms with Crippen molar-refractivity contribution < 1.29 is 15.0 Å². The lowest BCUT2D eigenvalue weighted by Crippen LogP contribution is -2.47. The van der Waals surface area contributed by atoms with Crippen LogP contribution in [0.15, 0.2) is 36.5 Å². The topological polar surface area (TPSA) is 87.4 Å². The minimum Gasteiger partial charge on any atom is -0.508 e. The molecule has 1 aliphatic rings. The molecule has 0 aliphatic heterocycles. The number of aliphatic hydroxyl groups excluding tert-OH is 1. The minimum atomic E-state index is -0.931. The molecular weight excluding hydrogens is 294 g/mol. The zero-order chi connectivity index (χ0) is 16.4. The average Bonchev–Trinajstić information content (AvgIpc) is 2.95. The van der Waals surface area contributed by atoms with Gasteiger partial charge in [0.25, 0.3) is 5.91 Å². The van der Waals surface area contributed by atoms with Gasteiger partial charge in [-0.1, -0.05) is 12.1 Å². The van der Waals surface area contributed by atoms with Crippen molar-refractivity contribution in [2.75, 3.05) is 6.61 Å². The van der Waals surface area contributed by atoms with Crippen LogP contribution >= 0.6 is 0 Å². The van der Waals surface area contributed by atoms with Gasteiger partial charge in [-0.15, -0.1) is 0 Å². The zero-order valence-electron chi connectivity index (χ0n) is 13.1. The van der Waals surface area contributed by atoms with E-state index in [0.29, 0.717) is 11.7 Å². The van der Waals surface area contributed by atoms with Gasteiger partial charge < -0.3 is 15.5 Å². The number of amides is 1. The number of phenols is 1. The third-order valence-electron chi connectivity index (χ3n) is 4.53. The molecule has 6 nitrogen and oxygen atoms in total. The summed E-state index contributed by atoms with van der Waals surface area (Å²) in [5.74, 6) is -0.123. The predicted octanol–water partition coefficient (Wildman–Crippen LogP) is 1.95. The number of nitrogens with one attached hydrogen (secondary N) is 1. The molecule has 0 bridgehead atoms. The molecule has 0 saturated heterocycles. The molecule has 1 atom stereocenters. The maximum atomic E-state index is 12.7. The molecule has 1 saturated carbocycles. The molecule has 6 heteroatoms. The van der Waals surface area contributed by atoms with Gasteiger partial charge in [0.15, 0.2) is 0 Å². The first-order valence-corrected chi connectivity index (χ1v) is 7.80. The Bertz CT molecular complexity index is 691. The smallest absolute Gasteiger partial charge is 0.270 e. The van der Waals surface area contributed by atoms with E-state index < -0.39 is 5.54 Å². The number of phenolic OH excluding ortho intramolecular Hbond substituents is 1. The standard InChI is InChI=1S/C17H21N3O3/c1-17(11-21,12-5-7-14(22)8-6-12)19-16(23)15-9-10-18-20(15)13-3-2-4-13/h5-10,13,21-22H,2-4,11H2,1H3,(H,19,23). The van der Waals surface area contributed by atoms with Gasteiger partial charge in [-0.3, -0.25) is 9.48 Å². The van der Waals surface area contributed by atoms with Crippen molar-refractivity contribution in [1.82, 2.24) is 15.1 Å². The number of nitrogens with zero attached hydrogens (tertiary/aromatic N) is 2. The van der Waals surface area contributed by atoms with Crippen LogP contribution in [0, 0.1) is 0 Å². The predicted molar refractivity (Wildman–Crippen MR) is 85.1 cm³/mol. The largest absolute Gasteiger partial charge is 0.508 e. The highest BCUT2D eigenvalue weighted by atomic mass is 16.3. The number of hydrogen-bond donors (Lipinski definition) is 3. The molecule has 3 N–H and O–H groups in total. The Kier molecular flexibility index (Phi) is 4.09. The molecule has 1 aliphatic carbocycles. The first-order chi connectivity index (χ1) is 11.0. The molecule has 3 rings (SSSR count). The Labute approximate surface area is 134 Å². The third kappa shape index (κ3) is 2.94. The summed E-state index contributed by atoms with van der Waals surface area (Å²) >= 11 is 0. The van der Waals surface area contributed by atoms with Gasteiger partial charge in [-0.2, -0.15) is 5.10 Å². The fourth-order valence-corrected chi connectivity index (χ4v) is 2.76. The first kappa shape index (κ1) is 15.6. The zero-order valence-corrected chi connectivity index (χ0v) is 13.1. The Morgan fingerprint density at radius 3 is 2.61 bits per heavy atom. The van der Waals surface area contributed by atoms with E-state index in [0.717, 1.165) is 24.8 Å². The van der Waals surface area contributed by atoms with Gasteiger partial charge in [-0.05, 0) is 49.9 Å². The van der Waals surface area contributed by atoms with Crippen molar-refractivity contribution in [3.05, 3.63) is 47.8 Å². The number of hydrogen-bond acceptors (Lipinski definition) is 4. The fourth-order valence-electron chi connectivity index (χ4n) is 2.76. The van der Waals surface area contributed by atoms with Crippen LogP contribution in [0.3, 0.4) is 0 Å². The van der Waals surface area contributed by atoms with Gasteiger partial charge in [0.05, 0.1) is 18.2 Å². The highest BCUT2D eigenvalue weighted by Crippen LogP contribution is 2.32. The van der Waals surface area contributed by atoms with Crippen molar-refractivity contribution in [1.29, 1.82) is 0 Å². The van der Waals surface area contributed by atoms with Gasteiger partial charge >= 0.3 is 0 Å². The summed E-state index contributed by atoms with van der Waals surface area (Å²) in [5, 5.41) is 26.3. The van der Waals surface area contributed by atoms with Crippen molar-refractivity contribution in [3.8, 4) is 5.75 Å². The summed E-state index contributed by atoms with van der Waals surface area (Å²) in [6, 6.07) is 8.44. The second-order valence-corrected chi connectivity index (χ2v) is 6.24. The highest BCUT2D eigenvalue weighted by molar-refractivity contribution is 5.93. The SMILES string of the molecule is CC(CO)(NC(=O)c1ccnn1C1CCC1)c1ccc(O)cc1. The maximum Gasteiger partial charge on any atom is 0.270 e. The van der Waals surface area contributed by atoms with E-state index in [-0.39, 0.29) is 18.3 Å². The quantitative estimate of drug-likeness (QED) is 0.787. The van der Waals surface area contributed by atoms with E-state index >= 15 is 0 Å². The monoisotopic (exact) mass is 315 g/mol. The lowest BCUT2D eigenvalue weighted by molar-refractivity contribution is 0.0831. The summed E-state index contributed by atoms with van der Waals surface area (Å²) in [7, 11) is 0. The van der Waals surface area contributed by atoms with E-state index in [2.05, 4.69) is 10.4 Å². The van der Waals surface area contributed by atoms with E-state index in [1.54, 1.807) is 36.0 Å². The van der Waals surface area contributed by atoms with Crippen LogP contribution in [-0.2, 0) is 5.54 Å². The van der Waals surface area contributed by atoms with E-state index in [4.69, 9.17) is 0 Å². The lowest BCUT2D eigenvalue weighted by Gasteiger charge is -2.31. The highest BCUT2D eigenvalue weighted by Gasteiger charge is 2.31. The van der Waals surface area contributed by atoms with Crippen LogP contribution < -0.4 is 5.32 Å². The molecule has 1 aromatic carbocycles. The van der Waals surface area contributed by atoms with Crippen LogP contribution in [0.25, 0.3) is 0 Å². The Morgan fingerprint density at radius 1 is 1.35 bits per heavy atom. The van der Waals surface area contributed by atoms with Crippen molar-refractivity contribution >= 4 is 5.91 Å². The second-order valence-electron chi connectivity index (χ2n) is 6.24. The summed E-state index contributed by atoms with van der Waals surface area (Å²) in [6.07, 6.45) is 4.87. The molecular formula is C17H21N3O3. The van der Waals surface area contributed by atoms with E-state index in [1.165, 1.54) is 12.1 Å². The van der Waals surface area contributed by atoms with Crippen LogP contribution in [0.1, 0.15) is 48.3 Å². The molecule has 1 aromatic heterocycles. The van der Waals surface area contributed by atoms with Crippen LogP contribution in [0.2, 0.25) is 0 Å². The third-order valence-corrected chi connectivity index (χ3v) is 4.53. The molecule has 0 radical (unpaired) electrons. The van der Waals surface area contributed by atoms with E-state index in [9.17, 15) is 15.0 Å². The first-order valence-electron chi connectivity index (χ1n) is 7.80. The van der Waals surface area contributed by atoms with Crippen LogP contribution in [0.4, 0.5) is 0 Å². The molecule has 1 fully saturated rings. The maximum absolute atomic E-state index is 12.7. The molecule has 2 aromatic rings. The molecule has 122 valence electrons. The van der Waals surface area contributed by atoms with Crippen molar-refractivity contribution in [2.24, 2.45) is 0 Å². The lowest BCUT2D eigenvalue weighted by atomic mass is 9.92. The number of aliphatic hydroxyl groups is 1. The Hall–Kier alpha value is -2.34. The summed E-state index contributed by atoms with van der Waals surface area (Å²) < 4.78 is 1.77. The molecule has 23 heavy (non-hydrogen) atoms. The minimum absolute atomic E-state index is 0.142. The fraction of sp³-hybridized carbons (Fsp3) is 0.412. The van der Waals surface area contributed by atoms with Gasteiger partial charge in [0, 0.05) is 6.20 Å². The molecule has 0 spiro atoms. The number of benzene rings is 1. The number of carbonyl (C=O) groups excluding carboxylic acids is 1. The summed E-state index contributed by atoms with van der Waals surface area (Å²) in [4.78, 5) is 12.7. The summed E-state index contributed by atoms with van der Waals surface area (Å²) in [5.41, 5.74) is 0.300. The summed E-state index contributed by atoms with van der Waals surface area (Å²) in [6.45, 7) is 1.50. The van der Waals surface area contributed by atoms with Gasteiger partial charge in [0.1, 0.15) is 11.4 Å². The number of aromatic nitrogens is 2. The van der Waals surface area contributed by atoms with E-state index in [1.807, 2.05) is 0 Å². The van der Waals surface area contributed by atoms with Crippen LogP contribution in [-0.4, -0.2) is 32.5 Å². The molecule has 1 unspecified atom stereocenters. The Morgan fingerprint density at radius 2 is 2.04 bits per heavy atom. The van der Waals surface area contributed by atoms with Gasteiger partial charge in [-0.25, -0.2) is 0 Å². The van der Waals surface area contributed by atoms with Crippen molar-refractivity contribution in [3.63, 3.8) is 0 Å². The number of rotatable bonds is 5. The Balaban J connectivity index is 1.82. The van der Waals surface area contributed by atoms with Gasteiger partial charge in [0.2, 0.25) is 0 Å². The molecule has 1 amide bonds. The second kappa shape index (κ2) is 6.04. The average molecular weight is 315 g/mol. The van der Waals surface area contributed by atoms with Crippen molar-refractivity contribution in [2.45, 2.75) is 37.8 Å². The number of carbonyl (C=O) groups is 1.